The molecular weight excluding hydrogens is 312 g/mol. The number of carbonyl (C=O) groups is 1. The first-order chi connectivity index (χ1) is 12.1. The molecule has 1 amide bonds. The Hall–Kier alpha value is -2.33. The van der Waals surface area contributed by atoms with Gasteiger partial charge in [-0.1, -0.05) is 24.6 Å². The number of nitrogens with zero attached hydrogens (tertiary/aromatic N) is 1. The summed E-state index contributed by atoms with van der Waals surface area (Å²) >= 11 is 0. The minimum Gasteiger partial charge on any atom is -0.457 e. The lowest BCUT2D eigenvalue weighted by molar-refractivity contribution is -0.117. The van der Waals surface area contributed by atoms with Crippen LogP contribution in [-0.2, 0) is 4.79 Å². The molecule has 0 bridgehead atoms. The van der Waals surface area contributed by atoms with Crippen molar-refractivity contribution < 1.29 is 9.53 Å². The van der Waals surface area contributed by atoms with Crippen LogP contribution in [0.25, 0.3) is 0 Å². The highest BCUT2D eigenvalue weighted by Gasteiger charge is 2.15. The normalized spacial score (nSPS) is 15.0. The van der Waals surface area contributed by atoms with E-state index in [2.05, 4.69) is 10.2 Å². The highest BCUT2D eigenvalue weighted by atomic mass is 16.5. The number of hydrogen-bond donors (Lipinski definition) is 1. The number of hydrogen-bond acceptors (Lipinski definition) is 3. The van der Waals surface area contributed by atoms with E-state index in [1.807, 2.05) is 56.3 Å². The van der Waals surface area contributed by atoms with Gasteiger partial charge in [0.2, 0.25) is 5.91 Å². The summed E-state index contributed by atoms with van der Waals surface area (Å²) in [5.74, 6) is 1.66. The maximum Gasteiger partial charge on any atom is 0.238 e. The number of ether oxygens (including phenoxy) is 1. The van der Waals surface area contributed by atoms with Crippen molar-refractivity contribution in [3.8, 4) is 11.5 Å². The molecule has 1 fully saturated rings. The van der Waals surface area contributed by atoms with Gasteiger partial charge in [-0.2, -0.15) is 0 Å². The van der Waals surface area contributed by atoms with E-state index >= 15 is 0 Å². The predicted octanol–water partition coefficient (Wildman–Crippen LogP) is 4.52. The van der Waals surface area contributed by atoms with Crippen LogP contribution in [0.15, 0.2) is 42.5 Å². The van der Waals surface area contributed by atoms with Gasteiger partial charge in [-0.25, -0.2) is 0 Å². The third kappa shape index (κ3) is 4.83. The molecule has 0 aromatic heterocycles. The molecule has 3 rings (SSSR count). The van der Waals surface area contributed by atoms with Crippen molar-refractivity contribution in [2.45, 2.75) is 33.1 Å². The van der Waals surface area contributed by atoms with Crippen molar-refractivity contribution >= 4 is 11.6 Å². The average Bonchev–Trinajstić information content (AvgIpc) is 2.60. The van der Waals surface area contributed by atoms with Crippen LogP contribution in [0.4, 0.5) is 5.69 Å². The van der Waals surface area contributed by atoms with Crippen molar-refractivity contribution in [1.82, 2.24) is 4.90 Å². The van der Waals surface area contributed by atoms with Crippen LogP contribution in [0.1, 0.15) is 30.4 Å². The van der Waals surface area contributed by atoms with Crippen LogP contribution in [0.2, 0.25) is 0 Å². The molecular formula is C21H26N2O2. The van der Waals surface area contributed by atoms with Crippen LogP contribution >= 0.6 is 0 Å². The van der Waals surface area contributed by atoms with Crippen molar-refractivity contribution in [3.63, 3.8) is 0 Å². The molecule has 132 valence electrons. The van der Waals surface area contributed by atoms with Crippen molar-refractivity contribution in [1.29, 1.82) is 0 Å². The van der Waals surface area contributed by atoms with E-state index in [0.717, 1.165) is 41.4 Å². The Morgan fingerprint density at radius 3 is 2.28 bits per heavy atom. The molecule has 0 spiro atoms. The highest BCUT2D eigenvalue weighted by Crippen LogP contribution is 2.29. The zero-order valence-corrected chi connectivity index (χ0v) is 15.0. The molecule has 1 N–H and O–H groups in total. The van der Waals surface area contributed by atoms with E-state index in [1.54, 1.807) is 0 Å². The molecule has 0 atom stereocenters. The topological polar surface area (TPSA) is 41.6 Å². The Bertz CT molecular complexity index is 699. The summed E-state index contributed by atoms with van der Waals surface area (Å²) < 4.78 is 5.90. The number of para-hydroxylation sites is 1. The number of anilines is 1. The van der Waals surface area contributed by atoms with Crippen LogP contribution in [0, 0.1) is 13.8 Å². The lowest BCUT2D eigenvalue weighted by atomic mass is 10.1. The smallest absolute Gasteiger partial charge is 0.238 e. The number of aryl methyl sites for hydroxylation is 2. The van der Waals surface area contributed by atoms with E-state index in [0.29, 0.717) is 6.54 Å². The molecule has 2 aromatic rings. The Kier molecular flexibility index (Phi) is 5.71. The van der Waals surface area contributed by atoms with Gasteiger partial charge in [0.1, 0.15) is 11.5 Å². The zero-order chi connectivity index (χ0) is 17.6. The number of carbonyl (C=O) groups excluding carboxylic acids is 1. The van der Waals surface area contributed by atoms with Gasteiger partial charge in [-0.3, -0.25) is 9.69 Å². The van der Waals surface area contributed by atoms with Gasteiger partial charge < -0.3 is 10.1 Å². The summed E-state index contributed by atoms with van der Waals surface area (Å²) in [5, 5.41) is 3.08. The van der Waals surface area contributed by atoms with Crippen LogP contribution in [0.3, 0.4) is 0 Å². The number of likely N-dealkylation sites (tertiary alicyclic amines) is 1. The number of piperidine rings is 1. The first-order valence-electron chi connectivity index (χ1n) is 8.98. The fraction of sp³-hybridized carbons (Fsp3) is 0.381. The first-order valence-corrected chi connectivity index (χ1v) is 8.98. The summed E-state index contributed by atoms with van der Waals surface area (Å²) in [4.78, 5) is 14.6. The lowest BCUT2D eigenvalue weighted by Gasteiger charge is -2.26. The van der Waals surface area contributed by atoms with Crippen LogP contribution in [0.5, 0.6) is 11.5 Å². The van der Waals surface area contributed by atoms with E-state index in [-0.39, 0.29) is 5.91 Å². The number of benzene rings is 2. The molecule has 0 radical (unpaired) electrons. The Balaban J connectivity index is 1.66. The largest absolute Gasteiger partial charge is 0.457 e. The molecule has 0 aliphatic carbocycles. The van der Waals surface area contributed by atoms with Gasteiger partial charge in [0, 0.05) is 5.69 Å². The van der Waals surface area contributed by atoms with E-state index in [1.165, 1.54) is 19.3 Å². The minimum atomic E-state index is 0.0600. The van der Waals surface area contributed by atoms with Gasteiger partial charge in [0.15, 0.2) is 0 Å². The third-order valence-corrected chi connectivity index (χ3v) is 4.57. The maximum absolute atomic E-state index is 12.4. The van der Waals surface area contributed by atoms with E-state index in [9.17, 15) is 4.79 Å². The maximum atomic E-state index is 12.4. The SMILES string of the molecule is Cc1cc(Oc2ccccc2)cc(C)c1NC(=O)CN1CCCCC1. The Morgan fingerprint density at radius 2 is 1.64 bits per heavy atom. The summed E-state index contributed by atoms with van der Waals surface area (Å²) in [6.07, 6.45) is 3.66. The van der Waals surface area contributed by atoms with Crippen LogP contribution < -0.4 is 10.1 Å². The molecule has 25 heavy (non-hydrogen) atoms. The number of nitrogens with one attached hydrogen (secondary N) is 1. The van der Waals surface area contributed by atoms with Crippen molar-refractivity contribution in [3.05, 3.63) is 53.6 Å². The number of rotatable bonds is 5. The lowest BCUT2D eigenvalue weighted by Crippen LogP contribution is -2.37. The Labute approximate surface area is 149 Å². The highest BCUT2D eigenvalue weighted by molar-refractivity contribution is 5.93. The second kappa shape index (κ2) is 8.17. The molecule has 1 saturated heterocycles. The molecule has 4 heteroatoms. The fourth-order valence-electron chi connectivity index (χ4n) is 3.30. The monoisotopic (exact) mass is 338 g/mol. The first kappa shape index (κ1) is 17.5. The van der Waals surface area contributed by atoms with Crippen molar-refractivity contribution in [2.75, 3.05) is 25.0 Å². The van der Waals surface area contributed by atoms with Crippen LogP contribution in [-0.4, -0.2) is 30.4 Å². The fourth-order valence-corrected chi connectivity index (χ4v) is 3.30. The Morgan fingerprint density at radius 1 is 1.00 bits per heavy atom. The van der Waals surface area contributed by atoms with Crippen molar-refractivity contribution in [2.24, 2.45) is 0 Å². The van der Waals surface area contributed by atoms with E-state index in [4.69, 9.17) is 4.74 Å². The third-order valence-electron chi connectivity index (χ3n) is 4.57. The molecule has 1 aliphatic heterocycles. The average molecular weight is 338 g/mol. The molecule has 0 unspecified atom stereocenters. The van der Waals surface area contributed by atoms with Gasteiger partial charge in [-0.05, 0) is 75.2 Å². The molecule has 0 saturated carbocycles. The minimum absolute atomic E-state index is 0.0600. The van der Waals surface area contributed by atoms with Gasteiger partial charge in [-0.15, -0.1) is 0 Å². The summed E-state index contributed by atoms with van der Waals surface area (Å²) in [6, 6.07) is 13.7. The van der Waals surface area contributed by atoms with Gasteiger partial charge in [0.25, 0.3) is 0 Å². The molecule has 4 nitrogen and oxygen atoms in total. The zero-order valence-electron chi connectivity index (χ0n) is 15.0. The summed E-state index contributed by atoms with van der Waals surface area (Å²) in [6.45, 7) is 6.52. The predicted molar refractivity (Wildman–Crippen MR) is 101 cm³/mol. The van der Waals surface area contributed by atoms with Gasteiger partial charge in [0.05, 0.1) is 6.54 Å². The number of amides is 1. The summed E-state index contributed by atoms with van der Waals surface area (Å²) in [5.41, 5.74) is 2.92. The quantitative estimate of drug-likeness (QED) is 0.871. The molecule has 1 heterocycles. The molecule has 2 aromatic carbocycles. The second-order valence-electron chi connectivity index (χ2n) is 6.73. The molecule has 1 aliphatic rings. The standard InChI is InChI=1S/C21H26N2O2/c1-16-13-19(25-18-9-5-3-6-10-18)14-17(2)21(16)22-20(24)15-23-11-7-4-8-12-23/h3,5-6,9-10,13-14H,4,7-8,11-12,15H2,1-2H3,(H,22,24). The van der Waals surface area contributed by atoms with E-state index < -0.39 is 0 Å². The van der Waals surface area contributed by atoms with Gasteiger partial charge >= 0.3 is 0 Å². The summed E-state index contributed by atoms with van der Waals surface area (Å²) in [7, 11) is 0. The second-order valence-corrected chi connectivity index (χ2v) is 6.73.